The molecule has 130 valence electrons. The molecular weight excluding hydrogens is 296 g/mol. The standard InChI is InChI=1S/C21H30N2O/c1-2-23-16-17(19-13-7-8-14-20(19)23)10-9-15-21(24)22-18-11-5-3-4-6-12-18/h7-8,13-14,16,18H,2-6,9-12,15H2,1H3,(H,22,24). The Kier molecular flexibility index (Phi) is 5.95. The zero-order valence-corrected chi connectivity index (χ0v) is 14.9. The van der Waals surface area contributed by atoms with Crippen molar-refractivity contribution in [2.45, 2.75) is 77.3 Å². The number of amides is 1. The Hall–Kier alpha value is -1.77. The molecule has 1 aliphatic carbocycles. The first-order valence-corrected chi connectivity index (χ1v) is 9.64. The molecule has 1 aromatic carbocycles. The molecule has 0 atom stereocenters. The second-order valence-electron chi connectivity index (χ2n) is 7.07. The molecule has 3 nitrogen and oxygen atoms in total. The van der Waals surface area contributed by atoms with Gasteiger partial charge in [0.1, 0.15) is 0 Å². The Morgan fingerprint density at radius 1 is 1.17 bits per heavy atom. The van der Waals surface area contributed by atoms with Crippen LogP contribution in [0.1, 0.15) is 63.9 Å². The molecule has 24 heavy (non-hydrogen) atoms. The molecule has 1 heterocycles. The number of hydrogen-bond acceptors (Lipinski definition) is 1. The first-order valence-electron chi connectivity index (χ1n) is 9.64. The van der Waals surface area contributed by atoms with Gasteiger partial charge in [0.2, 0.25) is 5.91 Å². The van der Waals surface area contributed by atoms with Crippen molar-refractivity contribution in [3.8, 4) is 0 Å². The summed E-state index contributed by atoms with van der Waals surface area (Å²) in [5, 5.41) is 4.59. The lowest BCUT2D eigenvalue weighted by atomic mass is 10.1. The normalized spacial score (nSPS) is 16.2. The summed E-state index contributed by atoms with van der Waals surface area (Å²) in [7, 11) is 0. The largest absolute Gasteiger partial charge is 0.353 e. The SMILES string of the molecule is CCn1cc(CCCC(=O)NC2CCCCCC2)c2ccccc21. The fraction of sp³-hybridized carbons (Fsp3) is 0.571. The van der Waals surface area contributed by atoms with Crippen molar-refractivity contribution in [3.63, 3.8) is 0 Å². The molecule has 1 saturated carbocycles. The van der Waals surface area contributed by atoms with Crippen molar-refractivity contribution in [3.05, 3.63) is 36.0 Å². The number of hydrogen-bond donors (Lipinski definition) is 1. The molecule has 0 spiro atoms. The number of para-hydroxylation sites is 1. The van der Waals surface area contributed by atoms with Crippen LogP contribution in [0.15, 0.2) is 30.5 Å². The van der Waals surface area contributed by atoms with Gasteiger partial charge >= 0.3 is 0 Å². The molecule has 0 saturated heterocycles. The average molecular weight is 326 g/mol. The van der Waals surface area contributed by atoms with Gasteiger partial charge in [0, 0.05) is 36.1 Å². The number of fused-ring (bicyclic) bond motifs is 1. The van der Waals surface area contributed by atoms with Crippen LogP contribution in [-0.2, 0) is 17.8 Å². The van der Waals surface area contributed by atoms with Crippen LogP contribution in [0, 0.1) is 0 Å². The first kappa shape index (κ1) is 17.1. The maximum absolute atomic E-state index is 12.2. The van der Waals surface area contributed by atoms with Crippen LogP contribution in [0.3, 0.4) is 0 Å². The zero-order valence-electron chi connectivity index (χ0n) is 14.9. The van der Waals surface area contributed by atoms with Gasteiger partial charge in [-0.05, 0) is 44.2 Å². The lowest BCUT2D eigenvalue weighted by molar-refractivity contribution is -0.121. The highest BCUT2D eigenvalue weighted by molar-refractivity contribution is 5.84. The van der Waals surface area contributed by atoms with E-state index in [9.17, 15) is 4.79 Å². The summed E-state index contributed by atoms with van der Waals surface area (Å²) in [6.45, 7) is 3.17. The molecule has 0 bridgehead atoms. The monoisotopic (exact) mass is 326 g/mol. The van der Waals surface area contributed by atoms with E-state index in [0.29, 0.717) is 12.5 Å². The van der Waals surface area contributed by atoms with Gasteiger partial charge in [0.25, 0.3) is 0 Å². The summed E-state index contributed by atoms with van der Waals surface area (Å²) in [6, 6.07) is 8.99. The lowest BCUT2D eigenvalue weighted by Crippen LogP contribution is -2.34. The van der Waals surface area contributed by atoms with Crippen LogP contribution in [0.25, 0.3) is 10.9 Å². The van der Waals surface area contributed by atoms with Crippen molar-refractivity contribution in [2.24, 2.45) is 0 Å². The minimum absolute atomic E-state index is 0.237. The third kappa shape index (κ3) is 4.19. The molecular formula is C21H30N2O. The number of aryl methyl sites for hydroxylation is 2. The van der Waals surface area contributed by atoms with E-state index in [-0.39, 0.29) is 5.91 Å². The fourth-order valence-corrected chi connectivity index (χ4v) is 3.95. The smallest absolute Gasteiger partial charge is 0.220 e. The fourth-order valence-electron chi connectivity index (χ4n) is 3.95. The van der Waals surface area contributed by atoms with Crippen molar-refractivity contribution in [1.29, 1.82) is 0 Å². The maximum Gasteiger partial charge on any atom is 0.220 e. The van der Waals surface area contributed by atoms with E-state index in [2.05, 4.69) is 47.3 Å². The molecule has 1 N–H and O–H groups in total. The molecule has 1 aliphatic rings. The zero-order chi connectivity index (χ0) is 16.8. The highest BCUT2D eigenvalue weighted by atomic mass is 16.1. The van der Waals surface area contributed by atoms with E-state index < -0.39 is 0 Å². The predicted octanol–water partition coefficient (Wildman–Crippen LogP) is 4.82. The van der Waals surface area contributed by atoms with Crippen LogP contribution in [0.4, 0.5) is 0 Å². The topological polar surface area (TPSA) is 34.0 Å². The second-order valence-corrected chi connectivity index (χ2v) is 7.07. The third-order valence-electron chi connectivity index (χ3n) is 5.28. The molecule has 3 heteroatoms. The minimum Gasteiger partial charge on any atom is -0.353 e. The van der Waals surface area contributed by atoms with Gasteiger partial charge in [0.15, 0.2) is 0 Å². The number of nitrogens with zero attached hydrogens (tertiary/aromatic N) is 1. The van der Waals surface area contributed by atoms with Gasteiger partial charge < -0.3 is 9.88 Å². The Bertz CT molecular complexity index is 666. The average Bonchev–Trinajstić information content (AvgIpc) is 2.76. The van der Waals surface area contributed by atoms with E-state index in [0.717, 1.165) is 32.2 Å². The maximum atomic E-state index is 12.2. The van der Waals surface area contributed by atoms with E-state index >= 15 is 0 Å². The van der Waals surface area contributed by atoms with Gasteiger partial charge in [0.05, 0.1) is 0 Å². The van der Waals surface area contributed by atoms with E-state index in [1.54, 1.807) is 0 Å². The van der Waals surface area contributed by atoms with Gasteiger partial charge in [-0.25, -0.2) is 0 Å². The number of benzene rings is 1. The quantitative estimate of drug-likeness (QED) is 0.759. The van der Waals surface area contributed by atoms with Gasteiger partial charge in [-0.15, -0.1) is 0 Å². The number of aromatic nitrogens is 1. The Labute approximate surface area is 145 Å². The first-order chi connectivity index (χ1) is 11.8. The van der Waals surface area contributed by atoms with Gasteiger partial charge in [-0.2, -0.15) is 0 Å². The number of carbonyl (C=O) groups is 1. The lowest BCUT2D eigenvalue weighted by Gasteiger charge is -2.16. The molecule has 0 aliphatic heterocycles. The van der Waals surface area contributed by atoms with E-state index in [4.69, 9.17) is 0 Å². The van der Waals surface area contributed by atoms with Crippen molar-refractivity contribution >= 4 is 16.8 Å². The van der Waals surface area contributed by atoms with Gasteiger partial charge in [-0.3, -0.25) is 4.79 Å². The van der Waals surface area contributed by atoms with E-state index in [1.165, 1.54) is 42.1 Å². The predicted molar refractivity (Wildman–Crippen MR) is 100 cm³/mol. The Balaban J connectivity index is 1.52. The van der Waals surface area contributed by atoms with Crippen molar-refractivity contribution in [1.82, 2.24) is 9.88 Å². The Morgan fingerprint density at radius 2 is 1.92 bits per heavy atom. The molecule has 1 amide bonds. The summed E-state index contributed by atoms with van der Waals surface area (Å²) in [4.78, 5) is 12.2. The highest BCUT2D eigenvalue weighted by Gasteiger charge is 2.14. The summed E-state index contributed by atoms with van der Waals surface area (Å²) >= 11 is 0. The van der Waals surface area contributed by atoms with Crippen molar-refractivity contribution < 1.29 is 4.79 Å². The van der Waals surface area contributed by atoms with Crippen LogP contribution in [-0.4, -0.2) is 16.5 Å². The number of carbonyl (C=O) groups excluding carboxylic acids is 1. The molecule has 2 aromatic rings. The number of nitrogens with one attached hydrogen (secondary N) is 1. The summed E-state index contributed by atoms with van der Waals surface area (Å²) in [5.41, 5.74) is 2.67. The van der Waals surface area contributed by atoms with Crippen LogP contribution < -0.4 is 5.32 Å². The molecule has 0 radical (unpaired) electrons. The highest BCUT2D eigenvalue weighted by Crippen LogP contribution is 2.23. The second kappa shape index (κ2) is 8.36. The van der Waals surface area contributed by atoms with Crippen LogP contribution >= 0.6 is 0 Å². The summed E-state index contributed by atoms with van der Waals surface area (Å²) in [6.07, 6.45) is 12.3. The van der Waals surface area contributed by atoms with Crippen LogP contribution in [0.2, 0.25) is 0 Å². The molecule has 0 unspecified atom stereocenters. The Morgan fingerprint density at radius 3 is 2.67 bits per heavy atom. The number of rotatable bonds is 6. The summed E-state index contributed by atoms with van der Waals surface area (Å²) < 4.78 is 2.30. The van der Waals surface area contributed by atoms with Crippen LogP contribution in [0.5, 0.6) is 0 Å². The van der Waals surface area contributed by atoms with E-state index in [1.807, 2.05) is 0 Å². The molecule has 1 aromatic heterocycles. The molecule has 3 rings (SSSR count). The summed E-state index contributed by atoms with van der Waals surface area (Å²) in [5.74, 6) is 0.237. The van der Waals surface area contributed by atoms with Crippen molar-refractivity contribution in [2.75, 3.05) is 0 Å². The third-order valence-corrected chi connectivity index (χ3v) is 5.28. The minimum atomic E-state index is 0.237. The van der Waals surface area contributed by atoms with Gasteiger partial charge in [-0.1, -0.05) is 43.9 Å². The molecule has 1 fully saturated rings.